The van der Waals surface area contributed by atoms with Crippen molar-refractivity contribution in [1.29, 1.82) is 0 Å². The van der Waals surface area contributed by atoms with Crippen molar-refractivity contribution in [2.75, 3.05) is 0 Å². The van der Waals surface area contributed by atoms with Crippen LogP contribution in [0.15, 0.2) is 24.5 Å². The van der Waals surface area contributed by atoms with Gasteiger partial charge in [-0.3, -0.25) is 4.79 Å². The Morgan fingerprint density at radius 2 is 2.36 bits per heavy atom. The second kappa shape index (κ2) is 3.25. The van der Waals surface area contributed by atoms with E-state index in [0.29, 0.717) is 0 Å². The minimum Gasteiger partial charge on any atom is -0.303 e. The fourth-order valence-electron chi connectivity index (χ4n) is 1.63. The highest BCUT2D eigenvalue weighted by Gasteiger charge is 2.08. The Labute approximate surface area is 82.4 Å². The van der Waals surface area contributed by atoms with Crippen LogP contribution >= 0.6 is 0 Å². The molecule has 0 fully saturated rings. The summed E-state index contributed by atoms with van der Waals surface area (Å²) in [5.41, 5.74) is 1.64. The minimum atomic E-state index is 0.0816. The lowest BCUT2D eigenvalue weighted by Crippen LogP contribution is -1.98. The predicted molar refractivity (Wildman–Crippen MR) is 54.6 cm³/mol. The molecule has 0 aromatic carbocycles. The van der Waals surface area contributed by atoms with Crippen molar-refractivity contribution < 1.29 is 4.79 Å². The van der Waals surface area contributed by atoms with Gasteiger partial charge in [0.15, 0.2) is 5.78 Å². The number of nitrogens with zero attached hydrogens (tertiary/aromatic N) is 2. The van der Waals surface area contributed by atoms with Crippen LogP contribution in [0.25, 0.3) is 5.52 Å². The molecule has 0 saturated heterocycles. The Morgan fingerprint density at radius 1 is 1.57 bits per heavy atom. The van der Waals surface area contributed by atoms with Crippen LogP contribution in [-0.2, 0) is 6.42 Å². The monoisotopic (exact) mass is 188 g/mol. The van der Waals surface area contributed by atoms with Gasteiger partial charge < -0.3 is 4.40 Å². The third-order valence-electron chi connectivity index (χ3n) is 2.34. The SMILES string of the molecule is CCc1ncc2c(C(C)=O)cccn12. The fourth-order valence-corrected chi connectivity index (χ4v) is 1.63. The van der Waals surface area contributed by atoms with E-state index in [1.54, 1.807) is 13.1 Å². The molecule has 3 heteroatoms. The average molecular weight is 188 g/mol. The maximum absolute atomic E-state index is 11.3. The Kier molecular flexibility index (Phi) is 2.08. The number of hydrogen-bond donors (Lipinski definition) is 0. The standard InChI is InChI=1S/C11H12N2O/c1-3-11-12-7-10-9(8(2)14)5-4-6-13(10)11/h4-7H,3H2,1-2H3. The summed E-state index contributed by atoms with van der Waals surface area (Å²) in [5, 5.41) is 0. The summed E-state index contributed by atoms with van der Waals surface area (Å²) in [6.07, 6.45) is 4.57. The lowest BCUT2D eigenvalue weighted by Gasteiger charge is -2.01. The molecule has 3 nitrogen and oxygen atoms in total. The van der Waals surface area contributed by atoms with E-state index in [1.807, 2.05) is 22.7 Å². The molecule has 0 aliphatic heterocycles. The summed E-state index contributed by atoms with van der Waals surface area (Å²) < 4.78 is 1.97. The van der Waals surface area contributed by atoms with Gasteiger partial charge in [-0.15, -0.1) is 0 Å². The number of aryl methyl sites for hydroxylation is 1. The summed E-state index contributed by atoms with van der Waals surface area (Å²) in [7, 11) is 0. The molecule has 0 aliphatic rings. The first kappa shape index (κ1) is 8.94. The molecule has 0 saturated carbocycles. The lowest BCUT2D eigenvalue weighted by atomic mass is 10.2. The predicted octanol–water partition coefficient (Wildman–Crippen LogP) is 2.10. The Morgan fingerprint density at radius 3 is 3.00 bits per heavy atom. The van der Waals surface area contributed by atoms with Gasteiger partial charge in [-0.2, -0.15) is 0 Å². The number of rotatable bonds is 2. The van der Waals surface area contributed by atoms with Gasteiger partial charge >= 0.3 is 0 Å². The van der Waals surface area contributed by atoms with Gasteiger partial charge in [0, 0.05) is 18.2 Å². The lowest BCUT2D eigenvalue weighted by molar-refractivity contribution is 0.101. The van der Waals surface area contributed by atoms with Crippen LogP contribution in [0.4, 0.5) is 0 Å². The van der Waals surface area contributed by atoms with Crippen molar-refractivity contribution in [3.8, 4) is 0 Å². The topological polar surface area (TPSA) is 34.4 Å². The second-order valence-electron chi connectivity index (χ2n) is 3.26. The van der Waals surface area contributed by atoms with Gasteiger partial charge in [-0.05, 0) is 19.1 Å². The number of fused-ring (bicyclic) bond motifs is 1. The first-order chi connectivity index (χ1) is 6.74. The van der Waals surface area contributed by atoms with E-state index >= 15 is 0 Å². The smallest absolute Gasteiger partial charge is 0.161 e. The molecule has 72 valence electrons. The summed E-state index contributed by atoms with van der Waals surface area (Å²) in [6, 6.07) is 3.71. The van der Waals surface area contributed by atoms with Gasteiger partial charge in [0.25, 0.3) is 0 Å². The first-order valence-corrected chi connectivity index (χ1v) is 4.70. The first-order valence-electron chi connectivity index (χ1n) is 4.70. The molecule has 0 atom stereocenters. The minimum absolute atomic E-state index is 0.0816. The van der Waals surface area contributed by atoms with E-state index in [2.05, 4.69) is 11.9 Å². The van der Waals surface area contributed by atoms with E-state index in [4.69, 9.17) is 0 Å². The van der Waals surface area contributed by atoms with Crippen molar-refractivity contribution in [1.82, 2.24) is 9.38 Å². The quantitative estimate of drug-likeness (QED) is 0.676. The van der Waals surface area contributed by atoms with Crippen LogP contribution in [0.1, 0.15) is 30.0 Å². The zero-order chi connectivity index (χ0) is 10.1. The molecule has 0 amide bonds. The number of aromatic nitrogens is 2. The number of Topliss-reactive ketones (excluding diaryl/α,β-unsaturated/α-hetero) is 1. The average Bonchev–Trinajstić information content (AvgIpc) is 2.59. The molecule has 0 bridgehead atoms. The molecule has 2 rings (SSSR count). The van der Waals surface area contributed by atoms with Gasteiger partial charge in [0.05, 0.1) is 11.7 Å². The van der Waals surface area contributed by atoms with Gasteiger partial charge in [0.1, 0.15) is 5.82 Å². The van der Waals surface area contributed by atoms with Crippen LogP contribution in [-0.4, -0.2) is 15.2 Å². The third kappa shape index (κ3) is 1.21. The summed E-state index contributed by atoms with van der Waals surface area (Å²) >= 11 is 0. The number of imidazole rings is 1. The Bertz CT molecular complexity index is 485. The number of carbonyl (C=O) groups excluding carboxylic acids is 1. The van der Waals surface area contributed by atoms with Crippen molar-refractivity contribution in [2.45, 2.75) is 20.3 Å². The van der Waals surface area contributed by atoms with E-state index in [1.165, 1.54) is 0 Å². The molecular weight excluding hydrogens is 176 g/mol. The van der Waals surface area contributed by atoms with Gasteiger partial charge in [-0.1, -0.05) is 6.92 Å². The van der Waals surface area contributed by atoms with Gasteiger partial charge in [0.2, 0.25) is 0 Å². The highest BCUT2D eigenvalue weighted by atomic mass is 16.1. The maximum atomic E-state index is 11.3. The molecule has 0 radical (unpaired) electrons. The van der Waals surface area contributed by atoms with Crippen LogP contribution in [0.3, 0.4) is 0 Å². The van der Waals surface area contributed by atoms with Crippen LogP contribution in [0.2, 0.25) is 0 Å². The second-order valence-corrected chi connectivity index (χ2v) is 3.26. The molecule has 0 N–H and O–H groups in total. The molecule has 14 heavy (non-hydrogen) atoms. The van der Waals surface area contributed by atoms with E-state index in [9.17, 15) is 4.79 Å². The summed E-state index contributed by atoms with van der Waals surface area (Å²) in [6.45, 7) is 3.63. The van der Waals surface area contributed by atoms with Crippen molar-refractivity contribution in [3.05, 3.63) is 35.9 Å². The molecule has 0 aliphatic carbocycles. The maximum Gasteiger partial charge on any atom is 0.161 e. The van der Waals surface area contributed by atoms with E-state index in [0.717, 1.165) is 23.3 Å². The number of carbonyl (C=O) groups is 1. The molecular formula is C11H12N2O. The Balaban J connectivity index is 2.76. The van der Waals surface area contributed by atoms with Crippen molar-refractivity contribution in [3.63, 3.8) is 0 Å². The number of hydrogen-bond acceptors (Lipinski definition) is 2. The summed E-state index contributed by atoms with van der Waals surface area (Å²) in [5.74, 6) is 1.07. The molecule has 2 aromatic heterocycles. The third-order valence-corrected chi connectivity index (χ3v) is 2.34. The molecule has 2 aromatic rings. The van der Waals surface area contributed by atoms with E-state index in [-0.39, 0.29) is 5.78 Å². The van der Waals surface area contributed by atoms with Gasteiger partial charge in [-0.25, -0.2) is 4.98 Å². The normalized spacial score (nSPS) is 10.7. The summed E-state index contributed by atoms with van der Waals surface area (Å²) in [4.78, 5) is 15.6. The molecule has 0 spiro atoms. The van der Waals surface area contributed by atoms with Crippen molar-refractivity contribution in [2.24, 2.45) is 0 Å². The fraction of sp³-hybridized carbons (Fsp3) is 0.273. The largest absolute Gasteiger partial charge is 0.303 e. The molecule has 0 unspecified atom stereocenters. The highest BCUT2D eigenvalue weighted by molar-refractivity contribution is 6.00. The van der Waals surface area contributed by atoms with Crippen molar-refractivity contribution >= 4 is 11.3 Å². The zero-order valence-electron chi connectivity index (χ0n) is 8.32. The highest BCUT2D eigenvalue weighted by Crippen LogP contribution is 2.13. The zero-order valence-corrected chi connectivity index (χ0v) is 8.32. The van der Waals surface area contributed by atoms with Crippen LogP contribution < -0.4 is 0 Å². The number of ketones is 1. The molecule has 2 heterocycles. The Hall–Kier alpha value is -1.64. The number of pyridine rings is 1. The van der Waals surface area contributed by atoms with E-state index < -0.39 is 0 Å². The van der Waals surface area contributed by atoms with Crippen LogP contribution in [0.5, 0.6) is 0 Å². The van der Waals surface area contributed by atoms with Crippen LogP contribution in [0, 0.1) is 0 Å².